The van der Waals surface area contributed by atoms with E-state index in [4.69, 9.17) is 4.74 Å². The lowest BCUT2D eigenvalue weighted by molar-refractivity contribution is -0.384. The number of benzene rings is 2. The monoisotopic (exact) mass is 359 g/mol. The van der Waals surface area contributed by atoms with E-state index >= 15 is 0 Å². The van der Waals surface area contributed by atoms with E-state index in [2.05, 4.69) is 19.4 Å². The van der Waals surface area contributed by atoms with E-state index in [0.29, 0.717) is 28.2 Å². The number of fused-ring (bicyclic) bond motifs is 1. The van der Waals surface area contributed by atoms with Crippen LogP contribution < -0.4 is 15.4 Å². The van der Waals surface area contributed by atoms with Crippen LogP contribution >= 0.6 is 11.7 Å². The number of anilines is 2. The Morgan fingerprint density at radius 1 is 1.28 bits per heavy atom. The van der Waals surface area contributed by atoms with Crippen molar-refractivity contribution in [3.05, 3.63) is 46.5 Å². The molecule has 0 bridgehead atoms. The Kier molecular flexibility index (Phi) is 4.70. The molecule has 0 radical (unpaired) electrons. The number of nitro benzene ring substituents is 1. The second kappa shape index (κ2) is 7.09. The average molecular weight is 359 g/mol. The van der Waals surface area contributed by atoms with Gasteiger partial charge in [0.25, 0.3) is 5.69 Å². The zero-order valence-electron chi connectivity index (χ0n) is 13.1. The number of nitrogens with one attached hydrogen (secondary N) is 2. The number of carbonyl (C=O) groups excluding carboxylic acids is 1. The Morgan fingerprint density at radius 2 is 2.12 bits per heavy atom. The fourth-order valence-corrected chi connectivity index (χ4v) is 2.77. The number of methoxy groups -OCH3 is 1. The van der Waals surface area contributed by atoms with Gasteiger partial charge in [-0.25, -0.2) is 0 Å². The average Bonchev–Trinajstić information content (AvgIpc) is 3.09. The molecule has 1 amide bonds. The zero-order valence-corrected chi connectivity index (χ0v) is 13.9. The van der Waals surface area contributed by atoms with Crippen molar-refractivity contribution in [2.75, 3.05) is 24.3 Å². The van der Waals surface area contributed by atoms with Crippen molar-refractivity contribution in [2.24, 2.45) is 0 Å². The summed E-state index contributed by atoms with van der Waals surface area (Å²) in [6, 6.07) is 9.43. The molecule has 0 atom stereocenters. The first kappa shape index (κ1) is 16.6. The van der Waals surface area contributed by atoms with Gasteiger partial charge in [0.2, 0.25) is 5.91 Å². The summed E-state index contributed by atoms with van der Waals surface area (Å²) in [5, 5.41) is 16.5. The molecular weight excluding hydrogens is 346 g/mol. The largest absolute Gasteiger partial charge is 0.495 e. The molecule has 25 heavy (non-hydrogen) atoms. The maximum Gasteiger partial charge on any atom is 0.271 e. The van der Waals surface area contributed by atoms with E-state index in [1.165, 1.54) is 25.3 Å². The number of nitrogens with zero attached hydrogens (tertiary/aromatic N) is 3. The molecule has 3 rings (SSSR count). The minimum absolute atomic E-state index is 0.0918. The number of rotatable bonds is 6. The number of ether oxygens (including phenoxy) is 1. The van der Waals surface area contributed by atoms with Gasteiger partial charge < -0.3 is 15.4 Å². The summed E-state index contributed by atoms with van der Waals surface area (Å²) in [6.45, 7) is -0.0918. The molecular formula is C15H13N5O4S. The van der Waals surface area contributed by atoms with Gasteiger partial charge in [0, 0.05) is 12.1 Å². The van der Waals surface area contributed by atoms with E-state index in [1.807, 2.05) is 0 Å². The number of aromatic nitrogens is 2. The summed E-state index contributed by atoms with van der Waals surface area (Å²) >= 11 is 1.07. The maximum absolute atomic E-state index is 12.2. The van der Waals surface area contributed by atoms with Gasteiger partial charge in [0.05, 0.1) is 41.7 Å². The SMILES string of the molecule is COc1ccc([N+](=O)[O-])cc1NCC(=O)Nc1cccc2nsnc12. The Labute approximate surface area is 146 Å². The van der Waals surface area contributed by atoms with Crippen LogP contribution in [0.25, 0.3) is 11.0 Å². The molecule has 128 valence electrons. The quantitative estimate of drug-likeness (QED) is 0.513. The third-order valence-corrected chi connectivity index (χ3v) is 3.94. The second-order valence-electron chi connectivity index (χ2n) is 4.98. The third kappa shape index (κ3) is 3.63. The lowest BCUT2D eigenvalue weighted by atomic mass is 10.2. The third-order valence-electron chi connectivity index (χ3n) is 3.39. The highest BCUT2D eigenvalue weighted by Crippen LogP contribution is 2.28. The topological polar surface area (TPSA) is 119 Å². The number of amides is 1. The maximum atomic E-state index is 12.2. The van der Waals surface area contributed by atoms with Gasteiger partial charge in [-0.2, -0.15) is 8.75 Å². The molecule has 2 N–H and O–H groups in total. The summed E-state index contributed by atoms with van der Waals surface area (Å²) < 4.78 is 13.4. The lowest BCUT2D eigenvalue weighted by Crippen LogP contribution is -2.22. The molecule has 0 aliphatic carbocycles. The van der Waals surface area contributed by atoms with Crippen LogP contribution in [0.5, 0.6) is 5.75 Å². The van der Waals surface area contributed by atoms with Gasteiger partial charge in [-0.15, -0.1) is 0 Å². The normalized spacial score (nSPS) is 10.4. The van der Waals surface area contributed by atoms with Crippen LogP contribution in [-0.4, -0.2) is 33.2 Å². The van der Waals surface area contributed by atoms with Crippen LogP contribution in [0.2, 0.25) is 0 Å². The lowest BCUT2D eigenvalue weighted by Gasteiger charge is -2.11. The molecule has 0 saturated heterocycles. The van der Waals surface area contributed by atoms with Gasteiger partial charge in [0.1, 0.15) is 16.8 Å². The number of carbonyl (C=O) groups is 1. The predicted octanol–water partition coefficient (Wildman–Crippen LogP) is 2.66. The molecule has 9 nitrogen and oxygen atoms in total. The number of nitro groups is 1. The standard InChI is InChI=1S/C15H13N5O4S/c1-24-13-6-5-9(20(22)23)7-12(13)16-8-14(21)17-10-3-2-4-11-15(10)19-25-18-11/h2-7,16H,8H2,1H3,(H,17,21). The van der Waals surface area contributed by atoms with Crippen LogP contribution in [0.3, 0.4) is 0 Å². The minimum Gasteiger partial charge on any atom is -0.495 e. The fraction of sp³-hybridized carbons (Fsp3) is 0.133. The first-order chi connectivity index (χ1) is 12.1. The van der Waals surface area contributed by atoms with E-state index in [9.17, 15) is 14.9 Å². The van der Waals surface area contributed by atoms with Crippen molar-refractivity contribution < 1.29 is 14.5 Å². The summed E-state index contributed by atoms with van der Waals surface area (Å²) in [4.78, 5) is 22.5. The van der Waals surface area contributed by atoms with E-state index in [-0.39, 0.29) is 18.1 Å². The van der Waals surface area contributed by atoms with E-state index < -0.39 is 4.92 Å². The van der Waals surface area contributed by atoms with Crippen molar-refractivity contribution >= 4 is 45.7 Å². The Balaban J connectivity index is 1.71. The molecule has 10 heteroatoms. The molecule has 3 aromatic rings. The van der Waals surface area contributed by atoms with E-state index in [0.717, 1.165) is 11.7 Å². The predicted molar refractivity (Wildman–Crippen MR) is 94.2 cm³/mol. The Bertz CT molecular complexity index is 943. The van der Waals surface area contributed by atoms with Crippen LogP contribution in [0.4, 0.5) is 17.1 Å². The second-order valence-corrected chi connectivity index (χ2v) is 5.51. The molecule has 0 aliphatic heterocycles. The van der Waals surface area contributed by atoms with Gasteiger partial charge >= 0.3 is 0 Å². The Morgan fingerprint density at radius 3 is 2.88 bits per heavy atom. The molecule has 0 saturated carbocycles. The highest BCUT2D eigenvalue weighted by molar-refractivity contribution is 7.00. The molecule has 0 unspecified atom stereocenters. The first-order valence-corrected chi connectivity index (χ1v) is 7.89. The summed E-state index contributed by atoms with van der Waals surface area (Å²) in [7, 11) is 1.45. The fourth-order valence-electron chi connectivity index (χ4n) is 2.22. The Hall–Kier alpha value is -3.27. The highest BCUT2D eigenvalue weighted by atomic mass is 32.1. The van der Waals surface area contributed by atoms with Gasteiger partial charge in [0.15, 0.2) is 0 Å². The van der Waals surface area contributed by atoms with Crippen molar-refractivity contribution in [2.45, 2.75) is 0 Å². The number of hydrogen-bond acceptors (Lipinski definition) is 8. The van der Waals surface area contributed by atoms with Crippen molar-refractivity contribution in [1.82, 2.24) is 8.75 Å². The molecule has 0 spiro atoms. The summed E-state index contributed by atoms with van der Waals surface area (Å²) in [5.41, 5.74) is 2.15. The van der Waals surface area contributed by atoms with Crippen LogP contribution in [-0.2, 0) is 4.79 Å². The molecule has 1 heterocycles. The molecule has 0 aliphatic rings. The van der Waals surface area contributed by atoms with Crippen molar-refractivity contribution in [3.8, 4) is 5.75 Å². The van der Waals surface area contributed by atoms with Gasteiger partial charge in [-0.1, -0.05) is 6.07 Å². The van der Waals surface area contributed by atoms with Crippen molar-refractivity contribution in [3.63, 3.8) is 0 Å². The van der Waals surface area contributed by atoms with Gasteiger partial charge in [-0.05, 0) is 18.2 Å². The number of hydrogen-bond donors (Lipinski definition) is 2. The van der Waals surface area contributed by atoms with Crippen LogP contribution in [0.1, 0.15) is 0 Å². The summed E-state index contributed by atoms with van der Waals surface area (Å²) in [5.74, 6) is 0.0817. The first-order valence-electron chi connectivity index (χ1n) is 7.16. The molecule has 2 aromatic carbocycles. The summed E-state index contributed by atoms with van der Waals surface area (Å²) in [6.07, 6.45) is 0. The van der Waals surface area contributed by atoms with Crippen LogP contribution in [0, 0.1) is 10.1 Å². The molecule has 0 fully saturated rings. The number of non-ortho nitro benzene ring substituents is 1. The minimum atomic E-state index is -0.513. The van der Waals surface area contributed by atoms with Crippen LogP contribution in [0.15, 0.2) is 36.4 Å². The smallest absolute Gasteiger partial charge is 0.271 e. The molecule has 1 aromatic heterocycles. The highest BCUT2D eigenvalue weighted by Gasteiger charge is 2.13. The zero-order chi connectivity index (χ0) is 17.8. The van der Waals surface area contributed by atoms with E-state index in [1.54, 1.807) is 18.2 Å². The van der Waals surface area contributed by atoms with Gasteiger partial charge in [-0.3, -0.25) is 14.9 Å². The van der Waals surface area contributed by atoms with Crippen molar-refractivity contribution in [1.29, 1.82) is 0 Å².